The first-order valence-corrected chi connectivity index (χ1v) is 7.20. The molecule has 0 aromatic carbocycles. The van der Waals surface area contributed by atoms with Gasteiger partial charge in [-0.15, -0.1) is 0 Å². The standard InChI is InChI=1S/C13H21NOS/c15-10-13-5-1-2-7-14(13)8-3-4-12-6-9-16-11-12/h6,9,11,13,15H,1-5,7-8,10H2/t13-/m0/s1. The third-order valence-electron chi connectivity index (χ3n) is 3.45. The second-order valence-corrected chi connectivity index (χ2v) is 5.38. The molecule has 1 aliphatic rings. The van der Waals surface area contributed by atoms with Crippen molar-refractivity contribution in [2.24, 2.45) is 0 Å². The molecule has 1 N–H and O–H groups in total. The summed E-state index contributed by atoms with van der Waals surface area (Å²) in [5.74, 6) is 0. The second kappa shape index (κ2) is 6.38. The largest absolute Gasteiger partial charge is 0.395 e. The molecule has 1 aliphatic heterocycles. The van der Waals surface area contributed by atoms with Crippen LogP contribution in [0.15, 0.2) is 16.8 Å². The van der Waals surface area contributed by atoms with E-state index in [1.807, 2.05) is 0 Å². The highest BCUT2D eigenvalue weighted by Gasteiger charge is 2.20. The highest BCUT2D eigenvalue weighted by molar-refractivity contribution is 7.07. The first kappa shape index (κ1) is 12.1. The van der Waals surface area contributed by atoms with E-state index in [1.165, 1.54) is 44.2 Å². The Morgan fingerprint density at radius 3 is 3.12 bits per heavy atom. The van der Waals surface area contributed by atoms with Crippen molar-refractivity contribution in [1.29, 1.82) is 0 Å². The first-order valence-electron chi connectivity index (χ1n) is 6.26. The fraction of sp³-hybridized carbons (Fsp3) is 0.692. The molecule has 0 bridgehead atoms. The minimum absolute atomic E-state index is 0.332. The monoisotopic (exact) mass is 239 g/mol. The fourth-order valence-corrected chi connectivity index (χ4v) is 3.19. The predicted molar refractivity (Wildman–Crippen MR) is 68.9 cm³/mol. The summed E-state index contributed by atoms with van der Waals surface area (Å²) in [5, 5.41) is 13.7. The van der Waals surface area contributed by atoms with E-state index in [4.69, 9.17) is 0 Å². The predicted octanol–water partition coefficient (Wildman–Crippen LogP) is 2.53. The van der Waals surface area contributed by atoms with Crippen LogP contribution in [-0.2, 0) is 6.42 Å². The maximum Gasteiger partial charge on any atom is 0.0586 e. The molecular weight excluding hydrogens is 218 g/mol. The molecule has 0 unspecified atom stereocenters. The zero-order chi connectivity index (χ0) is 11.2. The van der Waals surface area contributed by atoms with Gasteiger partial charge in [-0.3, -0.25) is 4.90 Å². The van der Waals surface area contributed by atoms with E-state index < -0.39 is 0 Å². The molecule has 1 atom stereocenters. The minimum Gasteiger partial charge on any atom is -0.395 e. The lowest BCUT2D eigenvalue weighted by Crippen LogP contribution is -2.42. The van der Waals surface area contributed by atoms with Gasteiger partial charge in [-0.1, -0.05) is 6.42 Å². The van der Waals surface area contributed by atoms with Gasteiger partial charge in [0.15, 0.2) is 0 Å². The van der Waals surface area contributed by atoms with E-state index >= 15 is 0 Å². The Hall–Kier alpha value is -0.380. The van der Waals surface area contributed by atoms with Crippen LogP contribution in [0.25, 0.3) is 0 Å². The van der Waals surface area contributed by atoms with Gasteiger partial charge in [-0.25, -0.2) is 0 Å². The van der Waals surface area contributed by atoms with Crippen LogP contribution in [0.4, 0.5) is 0 Å². The van der Waals surface area contributed by atoms with Crippen molar-refractivity contribution in [3.8, 4) is 0 Å². The lowest BCUT2D eigenvalue weighted by molar-refractivity contribution is 0.0894. The zero-order valence-electron chi connectivity index (χ0n) is 9.77. The summed E-state index contributed by atoms with van der Waals surface area (Å²) in [5.41, 5.74) is 1.46. The van der Waals surface area contributed by atoms with Crippen molar-refractivity contribution in [2.75, 3.05) is 19.7 Å². The summed E-state index contributed by atoms with van der Waals surface area (Å²) in [4.78, 5) is 2.47. The van der Waals surface area contributed by atoms with Gasteiger partial charge in [0.2, 0.25) is 0 Å². The van der Waals surface area contributed by atoms with Crippen LogP contribution in [0.2, 0.25) is 0 Å². The number of piperidine rings is 1. The third kappa shape index (κ3) is 3.30. The summed E-state index contributed by atoms with van der Waals surface area (Å²) in [6.45, 7) is 2.65. The van der Waals surface area contributed by atoms with Crippen LogP contribution in [0, 0.1) is 0 Å². The van der Waals surface area contributed by atoms with Crippen LogP contribution < -0.4 is 0 Å². The van der Waals surface area contributed by atoms with Gasteiger partial charge in [-0.2, -0.15) is 11.3 Å². The molecule has 0 amide bonds. The number of aliphatic hydroxyl groups excluding tert-OH is 1. The van der Waals surface area contributed by atoms with E-state index in [-0.39, 0.29) is 0 Å². The highest BCUT2D eigenvalue weighted by Crippen LogP contribution is 2.17. The van der Waals surface area contributed by atoms with Crippen molar-refractivity contribution in [2.45, 2.75) is 38.1 Å². The number of likely N-dealkylation sites (tertiary alicyclic amines) is 1. The van der Waals surface area contributed by atoms with Crippen LogP contribution in [0.1, 0.15) is 31.2 Å². The summed E-state index contributed by atoms with van der Waals surface area (Å²) < 4.78 is 0. The van der Waals surface area contributed by atoms with Gasteiger partial charge in [-0.05, 0) is 61.2 Å². The van der Waals surface area contributed by atoms with E-state index in [1.54, 1.807) is 11.3 Å². The molecule has 0 spiro atoms. The number of nitrogens with zero attached hydrogens (tertiary/aromatic N) is 1. The molecule has 0 radical (unpaired) electrons. The average molecular weight is 239 g/mol. The van der Waals surface area contributed by atoms with Crippen molar-refractivity contribution < 1.29 is 5.11 Å². The Balaban J connectivity index is 1.71. The van der Waals surface area contributed by atoms with Crippen molar-refractivity contribution in [3.05, 3.63) is 22.4 Å². The smallest absolute Gasteiger partial charge is 0.0586 e. The number of aryl methyl sites for hydroxylation is 1. The van der Waals surface area contributed by atoms with Crippen molar-refractivity contribution in [1.82, 2.24) is 4.90 Å². The first-order chi connectivity index (χ1) is 7.90. The molecule has 16 heavy (non-hydrogen) atoms. The fourth-order valence-electron chi connectivity index (χ4n) is 2.48. The van der Waals surface area contributed by atoms with E-state index in [0.29, 0.717) is 12.6 Å². The Kier molecular flexibility index (Phi) is 4.82. The molecule has 3 heteroatoms. The van der Waals surface area contributed by atoms with Crippen LogP contribution in [0.5, 0.6) is 0 Å². The van der Waals surface area contributed by atoms with Gasteiger partial charge >= 0.3 is 0 Å². The number of rotatable bonds is 5. The molecule has 1 saturated heterocycles. The van der Waals surface area contributed by atoms with Gasteiger partial charge in [0.25, 0.3) is 0 Å². The summed E-state index contributed by atoms with van der Waals surface area (Å²) in [7, 11) is 0. The molecule has 0 saturated carbocycles. The molecule has 1 fully saturated rings. The zero-order valence-corrected chi connectivity index (χ0v) is 10.6. The molecule has 1 aromatic rings. The Bertz CT molecular complexity index is 286. The van der Waals surface area contributed by atoms with Gasteiger partial charge in [0.05, 0.1) is 6.61 Å². The maximum atomic E-state index is 9.30. The Labute approximate surface area is 102 Å². The molecule has 2 rings (SSSR count). The van der Waals surface area contributed by atoms with Gasteiger partial charge in [0.1, 0.15) is 0 Å². The van der Waals surface area contributed by atoms with E-state index in [0.717, 1.165) is 6.54 Å². The SMILES string of the molecule is OC[C@@H]1CCCCN1CCCc1ccsc1. The van der Waals surface area contributed by atoms with Gasteiger partial charge in [0, 0.05) is 6.04 Å². The molecule has 0 aliphatic carbocycles. The molecule has 2 heterocycles. The molecule has 90 valence electrons. The summed E-state index contributed by atoms with van der Waals surface area (Å²) >= 11 is 1.78. The maximum absolute atomic E-state index is 9.30. The number of thiophene rings is 1. The summed E-state index contributed by atoms with van der Waals surface area (Å²) in [6.07, 6.45) is 6.15. The van der Waals surface area contributed by atoms with E-state index in [2.05, 4.69) is 21.7 Å². The lowest BCUT2D eigenvalue weighted by atomic mass is 10.0. The Morgan fingerprint density at radius 2 is 2.38 bits per heavy atom. The van der Waals surface area contributed by atoms with E-state index in [9.17, 15) is 5.11 Å². The van der Waals surface area contributed by atoms with Crippen LogP contribution in [0.3, 0.4) is 0 Å². The second-order valence-electron chi connectivity index (χ2n) is 4.60. The van der Waals surface area contributed by atoms with Crippen LogP contribution >= 0.6 is 11.3 Å². The minimum atomic E-state index is 0.332. The number of aliphatic hydroxyl groups is 1. The number of hydrogen-bond donors (Lipinski definition) is 1. The normalized spacial score (nSPS) is 22.4. The topological polar surface area (TPSA) is 23.5 Å². The quantitative estimate of drug-likeness (QED) is 0.853. The highest BCUT2D eigenvalue weighted by atomic mass is 32.1. The van der Waals surface area contributed by atoms with Crippen LogP contribution in [-0.4, -0.2) is 35.7 Å². The molecule has 2 nitrogen and oxygen atoms in total. The van der Waals surface area contributed by atoms with Crippen molar-refractivity contribution in [3.63, 3.8) is 0 Å². The lowest BCUT2D eigenvalue weighted by Gasteiger charge is -2.34. The average Bonchev–Trinajstić information content (AvgIpc) is 2.83. The molecule has 1 aromatic heterocycles. The summed E-state index contributed by atoms with van der Waals surface area (Å²) in [6, 6.07) is 2.64. The van der Waals surface area contributed by atoms with Crippen molar-refractivity contribution >= 4 is 11.3 Å². The Morgan fingerprint density at radius 1 is 1.44 bits per heavy atom. The number of hydrogen-bond acceptors (Lipinski definition) is 3. The third-order valence-corrected chi connectivity index (χ3v) is 4.18. The molecular formula is C13H21NOS. The van der Waals surface area contributed by atoms with Gasteiger partial charge < -0.3 is 5.11 Å².